The van der Waals surface area contributed by atoms with Gasteiger partial charge in [0.1, 0.15) is 17.2 Å². The van der Waals surface area contributed by atoms with E-state index in [-0.39, 0.29) is 35.8 Å². The Morgan fingerprint density at radius 2 is 1.93 bits per heavy atom. The van der Waals surface area contributed by atoms with E-state index in [1.807, 2.05) is 20.8 Å². The first-order chi connectivity index (χ1) is 19.8. The van der Waals surface area contributed by atoms with Crippen LogP contribution in [0, 0.1) is 17.0 Å². The largest absolute Gasteiger partial charge is 0.420 e. The van der Waals surface area contributed by atoms with Crippen molar-refractivity contribution in [2.45, 2.75) is 84.8 Å². The maximum absolute atomic E-state index is 14.2. The van der Waals surface area contributed by atoms with Crippen molar-refractivity contribution in [3.8, 4) is 5.75 Å². The van der Waals surface area contributed by atoms with Crippen LogP contribution in [0.15, 0.2) is 34.2 Å². The lowest BCUT2D eigenvalue weighted by Crippen LogP contribution is -2.60. The minimum absolute atomic E-state index is 0.00853. The van der Waals surface area contributed by atoms with Gasteiger partial charge in [-0.1, -0.05) is 19.9 Å². The molecule has 0 saturated carbocycles. The van der Waals surface area contributed by atoms with Crippen LogP contribution in [-0.2, 0) is 16.9 Å². The Hall–Kier alpha value is -3.89. The standard InChI is InChI=1S/C31H38F2N4O5/c1-7-8-24(38)42-27-25-29(41)36-17-31(5,30(4,12-11-19(36)3)14-18(2)34-6)37(25)16-22(26(27)39)28(40)35-15-20-9-10-21(32)13-23(20)33/h9-10,13,16,19H,7-8,11-12,14-15,17H2,1-6H3,(H,35,40)/t19-,30+,31+/m0/s1. The molecule has 2 bridgehead atoms. The van der Waals surface area contributed by atoms with Crippen LogP contribution in [0.3, 0.4) is 0 Å². The molecule has 3 atom stereocenters. The molecule has 42 heavy (non-hydrogen) atoms. The summed E-state index contributed by atoms with van der Waals surface area (Å²) in [7, 11) is 1.72. The highest BCUT2D eigenvalue weighted by atomic mass is 19.1. The first-order valence-corrected chi connectivity index (χ1v) is 14.2. The molecule has 0 radical (unpaired) electrons. The summed E-state index contributed by atoms with van der Waals surface area (Å²) in [4.78, 5) is 60.0. The third kappa shape index (κ3) is 5.48. The maximum Gasteiger partial charge on any atom is 0.311 e. The molecule has 1 aromatic carbocycles. The van der Waals surface area contributed by atoms with Gasteiger partial charge in [-0.25, -0.2) is 8.78 Å². The number of halogens is 2. The quantitative estimate of drug-likeness (QED) is 0.360. The monoisotopic (exact) mass is 584 g/mol. The van der Waals surface area contributed by atoms with Gasteiger partial charge in [0.2, 0.25) is 11.2 Å². The predicted octanol–water partition coefficient (Wildman–Crippen LogP) is 4.60. The number of hydrogen-bond acceptors (Lipinski definition) is 6. The van der Waals surface area contributed by atoms with Gasteiger partial charge in [-0.15, -0.1) is 0 Å². The first-order valence-electron chi connectivity index (χ1n) is 14.2. The lowest BCUT2D eigenvalue weighted by molar-refractivity contribution is -0.134. The van der Waals surface area contributed by atoms with Crippen molar-refractivity contribution in [2.75, 3.05) is 13.6 Å². The summed E-state index contributed by atoms with van der Waals surface area (Å²) in [5, 5.41) is 2.52. The number of esters is 1. The van der Waals surface area contributed by atoms with Crippen LogP contribution in [0.2, 0.25) is 0 Å². The van der Waals surface area contributed by atoms with Crippen LogP contribution < -0.4 is 15.5 Å². The summed E-state index contributed by atoms with van der Waals surface area (Å²) >= 11 is 0. The molecule has 9 nitrogen and oxygen atoms in total. The summed E-state index contributed by atoms with van der Waals surface area (Å²) < 4.78 is 34.8. The molecule has 1 fully saturated rings. The van der Waals surface area contributed by atoms with Crippen LogP contribution >= 0.6 is 0 Å². The lowest BCUT2D eigenvalue weighted by atomic mass is 9.65. The molecule has 2 aliphatic heterocycles. The second kappa shape index (κ2) is 11.8. The molecule has 1 saturated heterocycles. The topological polar surface area (TPSA) is 110 Å². The molecule has 2 amide bonds. The molecule has 2 aliphatic rings. The highest BCUT2D eigenvalue weighted by molar-refractivity contribution is 6.00. The summed E-state index contributed by atoms with van der Waals surface area (Å²) in [6, 6.07) is 2.83. The van der Waals surface area contributed by atoms with Gasteiger partial charge in [0.15, 0.2) is 5.69 Å². The van der Waals surface area contributed by atoms with Crippen molar-refractivity contribution >= 4 is 23.5 Å². The molecular weight excluding hydrogens is 546 g/mol. The number of amides is 2. The average Bonchev–Trinajstić information content (AvgIpc) is 3.01. The fourth-order valence-corrected chi connectivity index (χ4v) is 6.07. The number of benzene rings is 1. The highest BCUT2D eigenvalue weighted by Crippen LogP contribution is 2.51. The van der Waals surface area contributed by atoms with Crippen molar-refractivity contribution in [3.63, 3.8) is 0 Å². The molecule has 11 heteroatoms. The number of carbonyl (C=O) groups excluding carboxylic acids is 3. The average molecular weight is 585 g/mol. The molecule has 3 heterocycles. The molecular formula is C31H38F2N4O5. The van der Waals surface area contributed by atoms with E-state index in [0.717, 1.165) is 18.2 Å². The van der Waals surface area contributed by atoms with Gasteiger partial charge in [-0.05, 0) is 57.9 Å². The van der Waals surface area contributed by atoms with Gasteiger partial charge in [0.05, 0.1) is 5.54 Å². The van der Waals surface area contributed by atoms with E-state index in [2.05, 4.69) is 17.2 Å². The number of pyridine rings is 1. The number of aliphatic imine (C=N–C) groups is 1. The van der Waals surface area contributed by atoms with Gasteiger partial charge in [0.25, 0.3) is 11.8 Å². The van der Waals surface area contributed by atoms with Crippen LogP contribution in [0.4, 0.5) is 8.78 Å². The number of hydrogen-bond donors (Lipinski definition) is 1. The molecule has 1 aromatic heterocycles. The Morgan fingerprint density at radius 3 is 2.57 bits per heavy atom. The fourth-order valence-electron chi connectivity index (χ4n) is 6.07. The smallest absolute Gasteiger partial charge is 0.311 e. The molecule has 4 rings (SSSR count). The number of nitrogens with zero attached hydrogens (tertiary/aromatic N) is 3. The summed E-state index contributed by atoms with van der Waals surface area (Å²) in [5.74, 6) is -4.10. The number of rotatable bonds is 8. The SMILES string of the molecule is CCCC(=O)Oc1c2n(cc(C(=O)NCc3ccc(F)cc3F)c1=O)[C@]1(C)CN(C2=O)[C@@H](C)CC[C@]1(C)CC(C)=NC. The number of ether oxygens (including phenoxy) is 1. The zero-order chi connectivity index (χ0) is 31.0. The van der Waals surface area contributed by atoms with E-state index in [1.54, 1.807) is 23.4 Å². The van der Waals surface area contributed by atoms with Gasteiger partial charge in [0, 0.05) is 56.1 Å². The Kier molecular flexibility index (Phi) is 8.71. The zero-order valence-electron chi connectivity index (χ0n) is 25.0. The van der Waals surface area contributed by atoms with Crippen molar-refractivity contribution in [1.29, 1.82) is 0 Å². The van der Waals surface area contributed by atoms with Crippen molar-refractivity contribution in [2.24, 2.45) is 10.4 Å². The second-order valence-corrected chi connectivity index (χ2v) is 11.9. The molecule has 0 unspecified atom stereocenters. The maximum atomic E-state index is 14.2. The molecule has 0 aliphatic carbocycles. The van der Waals surface area contributed by atoms with Crippen LogP contribution in [0.5, 0.6) is 5.75 Å². The minimum atomic E-state index is -0.916. The molecule has 226 valence electrons. The van der Waals surface area contributed by atoms with Gasteiger partial charge >= 0.3 is 5.97 Å². The van der Waals surface area contributed by atoms with Gasteiger partial charge in [-0.3, -0.25) is 24.2 Å². The number of carbonyl (C=O) groups is 3. The summed E-state index contributed by atoms with van der Waals surface area (Å²) in [5.41, 5.74) is -1.72. The normalized spacial score (nSPS) is 23.7. The molecule has 1 N–H and O–H groups in total. The number of aromatic nitrogens is 1. The Morgan fingerprint density at radius 1 is 1.21 bits per heavy atom. The number of nitrogens with one attached hydrogen (secondary N) is 1. The fraction of sp³-hybridized carbons (Fsp3) is 0.516. The molecule has 2 aromatic rings. The Bertz CT molecular complexity index is 1520. The van der Waals surface area contributed by atoms with E-state index in [4.69, 9.17) is 4.74 Å². The highest BCUT2D eigenvalue weighted by Gasteiger charge is 2.55. The molecule has 0 spiro atoms. The minimum Gasteiger partial charge on any atom is -0.420 e. The van der Waals surface area contributed by atoms with Crippen molar-refractivity contribution in [1.82, 2.24) is 14.8 Å². The van der Waals surface area contributed by atoms with E-state index < -0.39 is 51.6 Å². The van der Waals surface area contributed by atoms with Crippen LogP contribution in [0.1, 0.15) is 93.1 Å². The van der Waals surface area contributed by atoms with Crippen molar-refractivity contribution in [3.05, 3.63) is 63.1 Å². The second-order valence-electron chi connectivity index (χ2n) is 11.9. The zero-order valence-corrected chi connectivity index (χ0v) is 25.0. The van der Waals surface area contributed by atoms with Crippen LogP contribution in [0.25, 0.3) is 0 Å². The van der Waals surface area contributed by atoms with E-state index in [9.17, 15) is 28.0 Å². The van der Waals surface area contributed by atoms with E-state index >= 15 is 0 Å². The van der Waals surface area contributed by atoms with Gasteiger partial charge < -0.3 is 19.5 Å². The Balaban J connectivity index is 1.91. The third-order valence-electron chi connectivity index (χ3n) is 8.98. The lowest BCUT2D eigenvalue weighted by Gasteiger charge is -2.52. The number of fused-ring (bicyclic) bond motifs is 4. The van der Waals surface area contributed by atoms with E-state index in [0.29, 0.717) is 31.9 Å². The van der Waals surface area contributed by atoms with Crippen LogP contribution in [-0.4, -0.2) is 52.6 Å². The van der Waals surface area contributed by atoms with E-state index in [1.165, 1.54) is 12.3 Å². The first kappa shape index (κ1) is 31.1. The third-order valence-corrected chi connectivity index (χ3v) is 8.98. The summed E-state index contributed by atoms with van der Waals surface area (Å²) in [6.07, 6.45) is 3.84. The Labute approximate surface area is 244 Å². The van der Waals surface area contributed by atoms with Crippen molar-refractivity contribution < 1.29 is 27.9 Å². The summed E-state index contributed by atoms with van der Waals surface area (Å²) in [6.45, 7) is 9.75. The van der Waals surface area contributed by atoms with Gasteiger partial charge in [-0.2, -0.15) is 0 Å². The predicted molar refractivity (Wildman–Crippen MR) is 154 cm³/mol.